The van der Waals surface area contributed by atoms with Crippen LogP contribution in [0, 0.1) is 0 Å². The van der Waals surface area contributed by atoms with Crippen molar-refractivity contribution in [1.29, 1.82) is 0 Å². The quantitative estimate of drug-likeness (QED) is 0.787. The number of piperazine rings is 1. The van der Waals surface area contributed by atoms with E-state index in [0.29, 0.717) is 6.54 Å². The summed E-state index contributed by atoms with van der Waals surface area (Å²) in [4.78, 5) is 17.1. The van der Waals surface area contributed by atoms with Gasteiger partial charge in [-0.1, -0.05) is 35.9 Å². The number of carbonyl (C=O) groups excluding carboxylic acids is 1. The van der Waals surface area contributed by atoms with E-state index in [1.54, 1.807) is 11.8 Å². The Balaban J connectivity index is 1.52. The summed E-state index contributed by atoms with van der Waals surface area (Å²) in [7, 11) is 0. The Bertz CT molecular complexity index is 732. The molecule has 1 saturated heterocycles. The average Bonchev–Trinajstić information content (AvgIpc) is 2.63. The first-order chi connectivity index (χ1) is 12.2. The molecule has 6 heteroatoms. The van der Waals surface area contributed by atoms with Crippen LogP contribution in [0.25, 0.3) is 0 Å². The molecule has 0 atom stereocenters. The fraction of sp³-hybridized carbons (Fsp3) is 0.316. The summed E-state index contributed by atoms with van der Waals surface area (Å²) < 4.78 is 0. The highest BCUT2D eigenvalue weighted by atomic mass is 35.5. The third-order valence-electron chi connectivity index (χ3n) is 4.46. The predicted octanol–water partition coefficient (Wildman–Crippen LogP) is 2.41. The molecule has 0 spiro atoms. The molecule has 132 valence electrons. The number of quaternary nitrogens is 1. The number of nitrogens with zero attached hydrogens (tertiary/aromatic N) is 1. The van der Waals surface area contributed by atoms with Gasteiger partial charge in [-0.3, -0.25) is 4.79 Å². The van der Waals surface area contributed by atoms with E-state index in [2.05, 4.69) is 16.3 Å². The number of hydrogen-bond donors (Lipinski definition) is 2. The Hall–Kier alpha value is -1.69. The number of benzene rings is 2. The van der Waals surface area contributed by atoms with Gasteiger partial charge in [-0.05, 0) is 30.5 Å². The van der Waals surface area contributed by atoms with Gasteiger partial charge in [0.2, 0.25) is 0 Å². The lowest BCUT2D eigenvalue weighted by Gasteiger charge is -2.33. The molecule has 4 nitrogen and oxygen atoms in total. The smallest absolute Gasteiger partial charge is 0.279 e. The van der Waals surface area contributed by atoms with E-state index in [-0.39, 0.29) is 5.91 Å². The minimum atomic E-state index is 0.0719. The monoisotopic (exact) mass is 376 g/mol. The van der Waals surface area contributed by atoms with Crippen molar-refractivity contribution in [2.24, 2.45) is 0 Å². The van der Waals surface area contributed by atoms with Crippen molar-refractivity contribution in [1.82, 2.24) is 0 Å². The molecular formula is C19H23ClN3OS+. The summed E-state index contributed by atoms with van der Waals surface area (Å²) in [5, 5.41) is 3.83. The number of anilines is 2. The molecule has 1 aliphatic rings. The zero-order chi connectivity index (χ0) is 17.6. The highest BCUT2D eigenvalue weighted by molar-refractivity contribution is 7.98. The van der Waals surface area contributed by atoms with Crippen LogP contribution in [-0.2, 0) is 4.79 Å². The van der Waals surface area contributed by atoms with Gasteiger partial charge in [0, 0.05) is 4.90 Å². The third kappa shape index (κ3) is 4.69. The van der Waals surface area contributed by atoms with Gasteiger partial charge in [0.15, 0.2) is 6.54 Å². The molecule has 0 bridgehead atoms. The molecule has 1 fully saturated rings. The number of amides is 1. The van der Waals surface area contributed by atoms with Gasteiger partial charge in [0.05, 0.1) is 42.6 Å². The van der Waals surface area contributed by atoms with E-state index in [4.69, 9.17) is 11.6 Å². The predicted molar refractivity (Wildman–Crippen MR) is 106 cm³/mol. The lowest BCUT2D eigenvalue weighted by molar-refractivity contribution is -0.892. The molecule has 1 aliphatic heterocycles. The van der Waals surface area contributed by atoms with Gasteiger partial charge in [0.25, 0.3) is 5.91 Å². The van der Waals surface area contributed by atoms with E-state index in [1.807, 2.05) is 48.7 Å². The summed E-state index contributed by atoms with van der Waals surface area (Å²) in [6.45, 7) is 4.19. The maximum atomic E-state index is 12.4. The maximum absolute atomic E-state index is 12.4. The van der Waals surface area contributed by atoms with E-state index < -0.39 is 0 Å². The van der Waals surface area contributed by atoms with Gasteiger partial charge in [-0.25, -0.2) is 0 Å². The van der Waals surface area contributed by atoms with Gasteiger partial charge in [0.1, 0.15) is 0 Å². The first-order valence-corrected chi connectivity index (χ1v) is 10.0. The van der Waals surface area contributed by atoms with Crippen molar-refractivity contribution >= 4 is 40.6 Å². The molecule has 25 heavy (non-hydrogen) atoms. The van der Waals surface area contributed by atoms with Crippen molar-refractivity contribution in [3.05, 3.63) is 53.6 Å². The third-order valence-corrected chi connectivity index (χ3v) is 5.57. The molecule has 2 aromatic carbocycles. The van der Waals surface area contributed by atoms with Crippen LogP contribution in [0.5, 0.6) is 0 Å². The van der Waals surface area contributed by atoms with Crippen LogP contribution in [0.4, 0.5) is 11.4 Å². The largest absolute Gasteiger partial charge is 0.359 e. The van der Waals surface area contributed by atoms with Gasteiger partial charge in [-0.15, -0.1) is 11.8 Å². The molecule has 0 aliphatic carbocycles. The first-order valence-electron chi connectivity index (χ1n) is 8.43. The van der Waals surface area contributed by atoms with Gasteiger partial charge in [-0.2, -0.15) is 0 Å². The fourth-order valence-corrected chi connectivity index (χ4v) is 3.93. The van der Waals surface area contributed by atoms with Gasteiger partial charge >= 0.3 is 0 Å². The van der Waals surface area contributed by atoms with Crippen LogP contribution in [0.1, 0.15) is 0 Å². The molecule has 2 aromatic rings. The standard InChI is InChI=1S/C19H22ClN3OS/c1-25-18-9-5-3-7-16(18)21-19(24)14-22-10-12-23(13-11-22)17-8-4-2-6-15(17)20/h2-9H,10-14H2,1H3,(H,21,24)/p+1. The molecule has 1 heterocycles. The number of carbonyl (C=O) groups is 1. The molecule has 0 saturated carbocycles. The summed E-state index contributed by atoms with van der Waals surface area (Å²) in [6.07, 6.45) is 2.02. The summed E-state index contributed by atoms with van der Waals surface area (Å²) in [5.74, 6) is 0.0719. The molecule has 0 unspecified atom stereocenters. The van der Waals surface area contributed by atoms with Crippen LogP contribution >= 0.6 is 23.4 Å². The molecule has 3 rings (SSSR count). The number of nitrogens with one attached hydrogen (secondary N) is 2. The zero-order valence-corrected chi connectivity index (χ0v) is 15.9. The number of thioether (sulfide) groups is 1. The molecule has 0 aromatic heterocycles. The second-order valence-corrected chi connectivity index (χ2v) is 7.37. The fourth-order valence-electron chi connectivity index (χ4n) is 3.12. The van der Waals surface area contributed by atoms with Crippen molar-refractivity contribution in [2.45, 2.75) is 4.90 Å². The highest BCUT2D eigenvalue weighted by Gasteiger charge is 2.23. The van der Waals surface area contributed by atoms with Crippen molar-refractivity contribution in [3.63, 3.8) is 0 Å². The summed E-state index contributed by atoms with van der Waals surface area (Å²) in [5.41, 5.74) is 1.98. The number of para-hydroxylation sites is 2. The lowest BCUT2D eigenvalue weighted by Crippen LogP contribution is -3.15. The van der Waals surface area contributed by atoms with Crippen molar-refractivity contribution in [2.75, 3.05) is 49.2 Å². The molecule has 1 amide bonds. The Kier molecular flexibility index (Phi) is 6.24. The van der Waals surface area contributed by atoms with Crippen LogP contribution in [-0.4, -0.2) is 44.9 Å². The Morgan fingerprint density at radius 3 is 2.56 bits per heavy atom. The molecular weight excluding hydrogens is 354 g/mol. The molecule has 0 radical (unpaired) electrons. The normalized spacial score (nSPS) is 15.2. The van der Waals surface area contributed by atoms with Crippen molar-refractivity contribution < 1.29 is 9.69 Å². The SMILES string of the molecule is CSc1ccccc1NC(=O)C[NH+]1CCN(c2ccccc2Cl)CC1. The van der Waals surface area contributed by atoms with Crippen LogP contribution in [0.2, 0.25) is 5.02 Å². The Labute approximate surface area is 158 Å². The maximum Gasteiger partial charge on any atom is 0.279 e. The minimum absolute atomic E-state index is 0.0719. The summed E-state index contributed by atoms with van der Waals surface area (Å²) >= 11 is 7.92. The second kappa shape index (κ2) is 8.61. The summed E-state index contributed by atoms with van der Waals surface area (Å²) in [6, 6.07) is 15.8. The number of halogens is 1. The van der Waals surface area contributed by atoms with Gasteiger partial charge < -0.3 is 15.1 Å². The topological polar surface area (TPSA) is 36.8 Å². The van der Waals surface area contributed by atoms with Crippen LogP contribution in [0.3, 0.4) is 0 Å². The van der Waals surface area contributed by atoms with Crippen LogP contribution < -0.4 is 15.1 Å². The van der Waals surface area contributed by atoms with E-state index in [9.17, 15) is 4.79 Å². The van der Waals surface area contributed by atoms with E-state index in [0.717, 1.165) is 47.5 Å². The first kappa shape index (κ1) is 18.1. The van der Waals surface area contributed by atoms with Crippen molar-refractivity contribution in [3.8, 4) is 0 Å². The Morgan fingerprint density at radius 1 is 1.16 bits per heavy atom. The van der Waals surface area contributed by atoms with E-state index in [1.165, 1.54) is 4.90 Å². The minimum Gasteiger partial charge on any atom is -0.359 e. The zero-order valence-electron chi connectivity index (χ0n) is 14.3. The Morgan fingerprint density at radius 2 is 1.84 bits per heavy atom. The molecule has 2 N–H and O–H groups in total. The van der Waals surface area contributed by atoms with Crippen LogP contribution in [0.15, 0.2) is 53.4 Å². The van der Waals surface area contributed by atoms with E-state index >= 15 is 0 Å². The number of rotatable bonds is 5. The highest BCUT2D eigenvalue weighted by Crippen LogP contribution is 2.25. The lowest BCUT2D eigenvalue weighted by atomic mass is 10.2. The second-order valence-electron chi connectivity index (χ2n) is 6.11. The average molecular weight is 377 g/mol. The number of hydrogen-bond acceptors (Lipinski definition) is 3.